The average Bonchev–Trinajstić information content (AvgIpc) is 2.77. The highest BCUT2D eigenvalue weighted by molar-refractivity contribution is 5.57. The van der Waals surface area contributed by atoms with Crippen molar-refractivity contribution in [3.05, 3.63) is 98.9 Å². The van der Waals surface area contributed by atoms with Crippen molar-refractivity contribution < 1.29 is 18.6 Å². The second-order valence-corrected chi connectivity index (χ2v) is 7.03. The Hall–Kier alpha value is -4.18. The van der Waals surface area contributed by atoms with Gasteiger partial charge in [0.1, 0.15) is 29.8 Å². The molecule has 0 saturated carbocycles. The molecule has 7 nitrogen and oxygen atoms in total. The van der Waals surface area contributed by atoms with Gasteiger partial charge in [0, 0.05) is 6.07 Å². The van der Waals surface area contributed by atoms with Gasteiger partial charge in [0.05, 0.1) is 18.6 Å². The van der Waals surface area contributed by atoms with Crippen LogP contribution in [0.5, 0.6) is 17.2 Å². The van der Waals surface area contributed by atoms with Crippen LogP contribution in [0.3, 0.4) is 0 Å². The number of methoxy groups -OCH3 is 1. The second kappa shape index (κ2) is 8.28. The lowest BCUT2D eigenvalue weighted by molar-refractivity contribution is 0.284. The van der Waals surface area contributed by atoms with Crippen LogP contribution in [0, 0.1) is 18.3 Å². The minimum atomic E-state index is -0.748. The van der Waals surface area contributed by atoms with Gasteiger partial charge in [0.25, 0.3) is 0 Å². The van der Waals surface area contributed by atoms with Gasteiger partial charge in [-0.2, -0.15) is 5.26 Å². The molecule has 0 fully saturated rings. The first-order valence-electron chi connectivity index (χ1n) is 9.58. The fraction of sp³-hybridized carbons (Fsp3) is 0.167. The van der Waals surface area contributed by atoms with E-state index in [1.54, 1.807) is 31.2 Å². The topological polar surface area (TPSA) is 108 Å². The van der Waals surface area contributed by atoms with Crippen molar-refractivity contribution in [1.29, 1.82) is 5.26 Å². The molecule has 3 aromatic rings. The summed E-state index contributed by atoms with van der Waals surface area (Å²) in [5.74, 6) is 0.871. The summed E-state index contributed by atoms with van der Waals surface area (Å²) >= 11 is 0. The predicted octanol–water partition coefficient (Wildman–Crippen LogP) is 3.75. The van der Waals surface area contributed by atoms with Gasteiger partial charge in [0.15, 0.2) is 11.5 Å². The number of hydrogen-bond acceptors (Lipinski definition) is 7. The molecule has 2 heterocycles. The number of hydrogen-bond donors (Lipinski definition) is 1. The monoisotopic (exact) mass is 416 g/mol. The number of rotatable bonds is 5. The van der Waals surface area contributed by atoms with Gasteiger partial charge in [-0.15, -0.1) is 0 Å². The van der Waals surface area contributed by atoms with Crippen molar-refractivity contribution in [3.63, 3.8) is 0 Å². The third kappa shape index (κ3) is 3.83. The van der Waals surface area contributed by atoms with Gasteiger partial charge < -0.3 is 24.4 Å². The zero-order valence-electron chi connectivity index (χ0n) is 17.0. The van der Waals surface area contributed by atoms with Crippen LogP contribution in [0.15, 0.2) is 75.3 Å². The van der Waals surface area contributed by atoms with E-state index in [-0.39, 0.29) is 22.8 Å². The lowest BCUT2D eigenvalue weighted by Crippen LogP contribution is -2.26. The number of nitriles is 1. The lowest BCUT2D eigenvalue weighted by atomic mass is 9.84. The van der Waals surface area contributed by atoms with E-state index in [1.807, 2.05) is 30.3 Å². The van der Waals surface area contributed by atoms with Crippen LogP contribution in [0.25, 0.3) is 0 Å². The average molecular weight is 416 g/mol. The Kier molecular flexibility index (Phi) is 5.37. The highest BCUT2D eigenvalue weighted by Gasteiger charge is 2.34. The molecule has 1 aliphatic heterocycles. The number of benzene rings is 2. The van der Waals surface area contributed by atoms with E-state index >= 15 is 0 Å². The Morgan fingerprint density at radius 2 is 1.90 bits per heavy atom. The zero-order valence-corrected chi connectivity index (χ0v) is 17.0. The molecular weight excluding hydrogens is 396 g/mol. The van der Waals surface area contributed by atoms with E-state index in [0.29, 0.717) is 29.4 Å². The predicted molar refractivity (Wildman–Crippen MR) is 113 cm³/mol. The molecule has 1 aliphatic rings. The Morgan fingerprint density at radius 3 is 2.61 bits per heavy atom. The molecule has 0 unspecified atom stereocenters. The van der Waals surface area contributed by atoms with Gasteiger partial charge in [-0.05, 0) is 30.2 Å². The molecular formula is C24H20N2O5. The maximum absolute atomic E-state index is 12.6. The summed E-state index contributed by atoms with van der Waals surface area (Å²) in [6.07, 6.45) is 0. The zero-order chi connectivity index (χ0) is 22.0. The number of ether oxygens (including phenoxy) is 3. The van der Waals surface area contributed by atoms with Crippen LogP contribution in [-0.2, 0) is 6.61 Å². The van der Waals surface area contributed by atoms with E-state index < -0.39 is 11.5 Å². The van der Waals surface area contributed by atoms with Gasteiger partial charge in [-0.1, -0.05) is 36.4 Å². The summed E-state index contributed by atoms with van der Waals surface area (Å²) in [6, 6.07) is 18.6. The third-order valence-electron chi connectivity index (χ3n) is 5.01. The van der Waals surface area contributed by atoms with Gasteiger partial charge in [0.2, 0.25) is 5.88 Å². The number of allylic oxidation sites excluding steroid dienone is 1. The summed E-state index contributed by atoms with van der Waals surface area (Å²) in [7, 11) is 1.53. The molecule has 1 aromatic heterocycles. The van der Waals surface area contributed by atoms with E-state index in [2.05, 4.69) is 6.07 Å². The largest absolute Gasteiger partial charge is 0.493 e. The SMILES string of the molecule is COc1cc([C@H]2C(C#N)=C(N)Oc3cc(C)oc(=O)c32)ccc1OCc1ccccc1. The van der Waals surface area contributed by atoms with Crippen LogP contribution in [-0.4, -0.2) is 7.11 Å². The van der Waals surface area contributed by atoms with E-state index in [0.717, 1.165) is 5.56 Å². The van der Waals surface area contributed by atoms with E-state index in [4.69, 9.17) is 24.4 Å². The first kappa shape index (κ1) is 20.1. The van der Waals surface area contributed by atoms with Gasteiger partial charge in [-0.25, -0.2) is 4.79 Å². The molecule has 2 N–H and O–H groups in total. The van der Waals surface area contributed by atoms with Crippen LogP contribution >= 0.6 is 0 Å². The van der Waals surface area contributed by atoms with E-state index in [1.165, 1.54) is 7.11 Å². The summed E-state index contributed by atoms with van der Waals surface area (Å²) < 4.78 is 22.2. The molecule has 0 aliphatic carbocycles. The quantitative estimate of drug-likeness (QED) is 0.675. The molecule has 2 aromatic carbocycles. The van der Waals surface area contributed by atoms with Crippen LogP contribution in [0.2, 0.25) is 0 Å². The van der Waals surface area contributed by atoms with Crippen molar-refractivity contribution >= 4 is 0 Å². The Morgan fingerprint density at radius 1 is 1.13 bits per heavy atom. The molecule has 0 radical (unpaired) electrons. The van der Waals surface area contributed by atoms with Crippen LogP contribution in [0.1, 0.15) is 28.4 Å². The Balaban J connectivity index is 1.75. The maximum atomic E-state index is 12.6. The first-order chi connectivity index (χ1) is 15.0. The second-order valence-electron chi connectivity index (χ2n) is 7.03. The molecule has 1 atom stereocenters. The van der Waals surface area contributed by atoms with E-state index in [9.17, 15) is 10.1 Å². The molecule has 0 saturated heterocycles. The standard InChI is InChI=1S/C24H20N2O5/c1-14-10-20-22(24(27)30-14)21(17(12-25)23(26)31-20)16-8-9-18(19(11-16)28-2)29-13-15-6-4-3-5-7-15/h3-11,21H,13,26H2,1-2H3/t21-/m0/s1. The van der Waals surface area contributed by atoms with Crippen molar-refractivity contribution in [2.75, 3.05) is 7.11 Å². The van der Waals surface area contributed by atoms with Crippen LogP contribution < -0.4 is 25.6 Å². The first-order valence-corrected chi connectivity index (χ1v) is 9.58. The molecule has 4 rings (SSSR count). The number of aryl methyl sites for hydroxylation is 1. The Bertz CT molecular complexity index is 1260. The highest BCUT2D eigenvalue weighted by atomic mass is 16.5. The number of nitrogens with zero attached hydrogens (tertiary/aromatic N) is 1. The molecule has 31 heavy (non-hydrogen) atoms. The number of nitrogens with two attached hydrogens (primary N) is 1. The lowest BCUT2D eigenvalue weighted by Gasteiger charge is -2.25. The smallest absolute Gasteiger partial charge is 0.343 e. The number of fused-ring (bicyclic) bond motifs is 1. The molecule has 0 amide bonds. The summed E-state index contributed by atoms with van der Waals surface area (Å²) in [6.45, 7) is 2.01. The van der Waals surface area contributed by atoms with Crippen LogP contribution in [0.4, 0.5) is 0 Å². The van der Waals surface area contributed by atoms with Gasteiger partial charge in [-0.3, -0.25) is 0 Å². The summed E-state index contributed by atoms with van der Waals surface area (Å²) in [5.41, 5.74) is 7.40. The highest BCUT2D eigenvalue weighted by Crippen LogP contribution is 2.42. The van der Waals surface area contributed by atoms with Crippen molar-refractivity contribution in [1.82, 2.24) is 0 Å². The third-order valence-corrected chi connectivity index (χ3v) is 5.01. The minimum absolute atomic E-state index is 0.0478. The summed E-state index contributed by atoms with van der Waals surface area (Å²) in [4.78, 5) is 12.6. The fourth-order valence-electron chi connectivity index (χ4n) is 3.57. The summed E-state index contributed by atoms with van der Waals surface area (Å²) in [5, 5.41) is 9.70. The van der Waals surface area contributed by atoms with Crippen molar-refractivity contribution in [3.8, 4) is 23.3 Å². The molecule has 0 bridgehead atoms. The minimum Gasteiger partial charge on any atom is -0.493 e. The normalized spacial score (nSPS) is 14.9. The van der Waals surface area contributed by atoms with Crippen molar-refractivity contribution in [2.45, 2.75) is 19.4 Å². The maximum Gasteiger partial charge on any atom is 0.343 e. The Labute approximate surface area is 178 Å². The molecule has 0 spiro atoms. The van der Waals surface area contributed by atoms with Gasteiger partial charge >= 0.3 is 5.63 Å². The molecule has 156 valence electrons. The molecule has 7 heteroatoms. The fourth-order valence-corrected chi connectivity index (χ4v) is 3.57. The van der Waals surface area contributed by atoms with Crippen molar-refractivity contribution in [2.24, 2.45) is 5.73 Å².